The summed E-state index contributed by atoms with van der Waals surface area (Å²) in [6.07, 6.45) is 3.89. The lowest BCUT2D eigenvalue weighted by molar-refractivity contribution is -0.122. The molecule has 1 fully saturated rings. The van der Waals surface area contributed by atoms with Gasteiger partial charge in [-0.3, -0.25) is 9.69 Å². The lowest BCUT2D eigenvalue weighted by atomic mass is 10.2. The van der Waals surface area contributed by atoms with Crippen molar-refractivity contribution in [1.82, 2.24) is 4.90 Å². The second-order valence-corrected chi connectivity index (χ2v) is 7.99. The van der Waals surface area contributed by atoms with Gasteiger partial charge in [0.05, 0.1) is 17.7 Å². The Bertz CT molecular complexity index is 861. The molecule has 1 aliphatic rings. The third-order valence-corrected chi connectivity index (χ3v) is 5.62. The van der Waals surface area contributed by atoms with E-state index in [-0.39, 0.29) is 5.91 Å². The van der Waals surface area contributed by atoms with Crippen molar-refractivity contribution < 1.29 is 9.53 Å². The van der Waals surface area contributed by atoms with Gasteiger partial charge in [-0.05, 0) is 66.2 Å². The van der Waals surface area contributed by atoms with Crippen LogP contribution in [-0.2, 0) is 4.79 Å². The molecule has 1 aliphatic heterocycles. The van der Waals surface area contributed by atoms with Gasteiger partial charge in [-0.25, -0.2) is 4.99 Å². The number of hydrogen-bond donors (Lipinski definition) is 0. The standard InChI is InChI=1S/C21H21BrN2O2S/c1-3-4-13-24-20(25)19(14-15-5-7-16(22)8-6-15)27-21(24)23-17-9-11-18(26-2)12-10-17/h5-12,14H,3-4,13H2,1-2H3/b19-14-,23-21?. The maximum Gasteiger partial charge on any atom is 0.266 e. The zero-order valence-electron chi connectivity index (χ0n) is 15.3. The van der Waals surface area contributed by atoms with Crippen LogP contribution < -0.4 is 4.74 Å². The van der Waals surface area contributed by atoms with Crippen LogP contribution in [-0.4, -0.2) is 29.6 Å². The lowest BCUT2D eigenvalue weighted by Gasteiger charge is -2.14. The molecule has 0 aromatic heterocycles. The molecule has 6 heteroatoms. The molecule has 0 radical (unpaired) electrons. The van der Waals surface area contributed by atoms with E-state index in [4.69, 9.17) is 9.73 Å². The summed E-state index contributed by atoms with van der Waals surface area (Å²) in [6.45, 7) is 2.79. The topological polar surface area (TPSA) is 41.9 Å². The number of halogens is 1. The van der Waals surface area contributed by atoms with Crippen molar-refractivity contribution in [1.29, 1.82) is 0 Å². The highest BCUT2D eigenvalue weighted by Gasteiger charge is 2.32. The molecule has 0 N–H and O–H groups in total. The molecule has 1 saturated heterocycles. The van der Waals surface area contributed by atoms with Gasteiger partial charge >= 0.3 is 0 Å². The number of ether oxygens (including phenoxy) is 1. The third kappa shape index (κ3) is 5.02. The molecule has 27 heavy (non-hydrogen) atoms. The molecular weight excluding hydrogens is 424 g/mol. The zero-order valence-corrected chi connectivity index (χ0v) is 17.7. The number of carbonyl (C=O) groups excluding carboxylic acids is 1. The Morgan fingerprint density at radius 1 is 1.15 bits per heavy atom. The smallest absolute Gasteiger partial charge is 0.266 e. The molecule has 0 atom stereocenters. The molecule has 4 nitrogen and oxygen atoms in total. The van der Waals surface area contributed by atoms with Crippen LogP contribution in [0.1, 0.15) is 25.3 Å². The maximum atomic E-state index is 12.9. The molecule has 3 rings (SSSR count). The highest BCUT2D eigenvalue weighted by Crippen LogP contribution is 2.34. The summed E-state index contributed by atoms with van der Waals surface area (Å²) < 4.78 is 6.21. The number of benzene rings is 2. The molecule has 0 saturated carbocycles. The van der Waals surface area contributed by atoms with Crippen molar-refractivity contribution in [3.8, 4) is 5.75 Å². The van der Waals surface area contributed by atoms with E-state index < -0.39 is 0 Å². The van der Waals surface area contributed by atoms with Gasteiger partial charge in [-0.15, -0.1) is 0 Å². The van der Waals surface area contributed by atoms with Gasteiger partial charge in [-0.1, -0.05) is 41.4 Å². The van der Waals surface area contributed by atoms with Gasteiger partial charge in [0, 0.05) is 11.0 Å². The predicted octanol–water partition coefficient (Wildman–Crippen LogP) is 5.86. The quantitative estimate of drug-likeness (QED) is 0.523. The average molecular weight is 445 g/mol. The van der Waals surface area contributed by atoms with Crippen LogP contribution in [0.25, 0.3) is 6.08 Å². The zero-order chi connectivity index (χ0) is 19.2. The first-order chi connectivity index (χ1) is 13.1. The largest absolute Gasteiger partial charge is 0.497 e. The maximum absolute atomic E-state index is 12.9. The number of methoxy groups -OCH3 is 1. The van der Waals surface area contributed by atoms with Gasteiger partial charge in [0.1, 0.15) is 5.75 Å². The van der Waals surface area contributed by atoms with E-state index in [0.717, 1.165) is 39.5 Å². The van der Waals surface area contributed by atoms with Gasteiger partial charge in [-0.2, -0.15) is 0 Å². The van der Waals surface area contributed by atoms with Crippen LogP contribution in [0, 0.1) is 0 Å². The number of rotatable bonds is 6. The minimum Gasteiger partial charge on any atom is -0.497 e. The van der Waals surface area contributed by atoms with Crippen molar-refractivity contribution >= 4 is 50.5 Å². The number of hydrogen-bond acceptors (Lipinski definition) is 4. The Kier molecular flexibility index (Phi) is 6.74. The van der Waals surface area contributed by atoms with Crippen molar-refractivity contribution in [2.75, 3.05) is 13.7 Å². The second-order valence-electron chi connectivity index (χ2n) is 6.06. The first kappa shape index (κ1) is 19.7. The highest BCUT2D eigenvalue weighted by molar-refractivity contribution is 9.10. The Balaban J connectivity index is 1.89. The predicted molar refractivity (Wildman–Crippen MR) is 116 cm³/mol. The summed E-state index contributed by atoms with van der Waals surface area (Å²) in [5, 5.41) is 0.724. The second kappa shape index (κ2) is 9.24. The summed E-state index contributed by atoms with van der Waals surface area (Å²) in [6, 6.07) is 15.4. The molecule has 1 heterocycles. The van der Waals surface area contributed by atoms with Crippen LogP contribution in [0.15, 0.2) is 62.9 Å². The fourth-order valence-corrected chi connectivity index (χ4v) is 3.87. The SMILES string of the molecule is CCCCN1C(=O)/C(=C/c2ccc(Br)cc2)SC1=Nc1ccc(OC)cc1. The van der Waals surface area contributed by atoms with Crippen molar-refractivity contribution in [3.63, 3.8) is 0 Å². The Morgan fingerprint density at radius 3 is 2.48 bits per heavy atom. The molecule has 0 bridgehead atoms. The van der Waals surface area contributed by atoms with Crippen molar-refractivity contribution in [2.45, 2.75) is 19.8 Å². The Morgan fingerprint density at radius 2 is 1.85 bits per heavy atom. The van der Waals surface area contributed by atoms with Crippen LogP contribution in [0.2, 0.25) is 0 Å². The van der Waals surface area contributed by atoms with Crippen LogP contribution >= 0.6 is 27.7 Å². The van der Waals surface area contributed by atoms with Gasteiger partial charge < -0.3 is 4.74 Å². The molecule has 140 valence electrons. The molecule has 1 amide bonds. The molecule has 2 aromatic rings. The number of aliphatic imine (C=N–C) groups is 1. The van der Waals surface area contributed by atoms with E-state index in [2.05, 4.69) is 22.9 Å². The number of unbranched alkanes of at least 4 members (excludes halogenated alkanes) is 1. The number of nitrogens with zero attached hydrogens (tertiary/aromatic N) is 2. The number of carbonyl (C=O) groups is 1. The summed E-state index contributed by atoms with van der Waals surface area (Å²) in [4.78, 5) is 20.1. The molecule has 2 aromatic carbocycles. The average Bonchev–Trinajstić information content (AvgIpc) is 2.97. The molecular formula is C21H21BrN2O2S. The van der Waals surface area contributed by atoms with Crippen molar-refractivity contribution in [2.24, 2.45) is 4.99 Å². The minimum atomic E-state index is 0.0173. The van der Waals surface area contributed by atoms with Crippen molar-refractivity contribution in [3.05, 3.63) is 63.5 Å². The molecule has 0 unspecified atom stereocenters. The van der Waals surface area contributed by atoms with Crippen LogP contribution in [0.5, 0.6) is 5.75 Å². The van der Waals surface area contributed by atoms with E-state index in [1.165, 1.54) is 11.8 Å². The monoisotopic (exact) mass is 444 g/mol. The van der Waals surface area contributed by atoms with Crippen LogP contribution in [0.4, 0.5) is 5.69 Å². The number of amidine groups is 1. The molecule has 0 spiro atoms. The Hall–Kier alpha value is -2.05. The summed E-state index contributed by atoms with van der Waals surface area (Å²) in [5.74, 6) is 0.802. The van der Waals surface area contributed by atoms with Gasteiger partial charge in [0.2, 0.25) is 0 Å². The van der Waals surface area contributed by atoms with E-state index in [0.29, 0.717) is 11.4 Å². The normalized spacial score (nSPS) is 17.1. The van der Waals surface area contributed by atoms with Gasteiger partial charge in [0.15, 0.2) is 5.17 Å². The summed E-state index contributed by atoms with van der Waals surface area (Å²) in [5.41, 5.74) is 1.80. The van der Waals surface area contributed by atoms with Gasteiger partial charge in [0.25, 0.3) is 5.91 Å². The first-order valence-corrected chi connectivity index (χ1v) is 10.4. The van der Waals surface area contributed by atoms with E-state index in [1.54, 1.807) is 12.0 Å². The number of amides is 1. The Labute approximate surface area is 172 Å². The van der Waals surface area contributed by atoms with E-state index in [1.807, 2.05) is 54.6 Å². The minimum absolute atomic E-state index is 0.0173. The summed E-state index contributed by atoms with van der Waals surface area (Å²) >= 11 is 4.86. The van der Waals surface area contributed by atoms with Crippen LogP contribution in [0.3, 0.4) is 0 Å². The fraction of sp³-hybridized carbons (Fsp3) is 0.238. The third-order valence-electron chi connectivity index (χ3n) is 4.09. The van der Waals surface area contributed by atoms with E-state index >= 15 is 0 Å². The summed E-state index contributed by atoms with van der Waals surface area (Å²) in [7, 11) is 1.64. The highest BCUT2D eigenvalue weighted by atomic mass is 79.9. The first-order valence-electron chi connectivity index (χ1n) is 8.80. The van der Waals surface area contributed by atoms with E-state index in [9.17, 15) is 4.79 Å². The lowest BCUT2D eigenvalue weighted by Crippen LogP contribution is -2.30. The fourth-order valence-electron chi connectivity index (χ4n) is 2.58. The molecule has 0 aliphatic carbocycles. The number of thioether (sulfide) groups is 1.